The summed E-state index contributed by atoms with van der Waals surface area (Å²) < 4.78 is 0. The summed E-state index contributed by atoms with van der Waals surface area (Å²) >= 11 is 1.71. The van der Waals surface area contributed by atoms with Crippen LogP contribution in [0.1, 0.15) is 6.42 Å². The van der Waals surface area contributed by atoms with Crippen molar-refractivity contribution in [2.75, 3.05) is 18.4 Å². The van der Waals surface area contributed by atoms with E-state index >= 15 is 0 Å². The lowest BCUT2D eigenvalue weighted by molar-refractivity contribution is 0.871. The molecular weight excluding hydrogens is 340 g/mol. The van der Waals surface area contributed by atoms with E-state index in [4.69, 9.17) is 10.7 Å². The smallest absolute Gasteiger partial charge is 0.136 e. The highest BCUT2D eigenvalue weighted by Gasteiger charge is 2.09. The zero-order valence-corrected chi connectivity index (χ0v) is 15.2. The van der Waals surface area contributed by atoms with Crippen LogP contribution in [0.3, 0.4) is 0 Å². The van der Waals surface area contributed by atoms with E-state index < -0.39 is 0 Å². The molecule has 130 valence electrons. The monoisotopic (exact) mass is 360 g/mol. The Morgan fingerprint density at radius 2 is 1.85 bits per heavy atom. The molecule has 4 aromatic rings. The van der Waals surface area contributed by atoms with Gasteiger partial charge in [-0.1, -0.05) is 24.3 Å². The highest BCUT2D eigenvalue weighted by Crippen LogP contribution is 2.29. The van der Waals surface area contributed by atoms with E-state index in [0.29, 0.717) is 6.54 Å². The summed E-state index contributed by atoms with van der Waals surface area (Å²) in [5, 5.41) is 8.69. The molecule has 0 spiro atoms. The predicted octanol–water partition coefficient (Wildman–Crippen LogP) is 4.79. The number of nitrogens with one attached hydrogen (secondary N) is 1. The van der Waals surface area contributed by atoms with Gasteiger partial charge in [0.05, 0.1) is 11.2 Å². The van der Waals surface area contributed by atoms with Crippen LogP contribution in [0.5, 0.6) is 0 Å². The summed E-state index contributed by atoms with van der Waals surface area (Å²) in [7, 11) is 0. The molecule has 0 atom stereocenters. The molecule has 0 amide bonds. The lowest BCUT2D eigenvalue weighted by Crippen LogP contribution is -2.10. The van der Waals surface area contributed by atoms with Crippen LogP contribution in [0.2, 0.25) is 0 Å². The molecule has 5 heteroatoms. The number of hydrogen-bond acceptors (Lipinski definition) is 5. The molecule has 0 saturated carbocycles. The van der Waals surface area contributed by atoms with Crippen LogP contribution in [0, 0.1) is 0 Å². The minimum atomic E-state index is 0.660. The highest BCUT2D eigenvalue weighted by molar-refractivity contribution is 7.08. The van der Waals surface area contributed by atoms with Gasteiger partial charge in [-0.15, -0.1) is 0 Å². The molecule has 3 heterocycles. The van der Waals surface area contributed by atoms with Gasteiger partial charge in [0.1, 0.15) is 5.82 Å². The van der Waals surface area contributed by atoms with Crippen molar-refractivity contribution >= 4 is 28.1 Å². The molecule has 0 unspecified atom stereocenters. The molecule has 0 radical (unpaired) electrons. The minimum absolute atomic E-state index is 0.660. The van der Waals surface area contributed by atoms with E-state index in [9.17, 15) is 0 Å². The Hall–Kier alpha value is -2.76. The number of aromatic nitrogens is 2. The lowest BCUT2D eigenvalue weighted by Gasteiger charge is -2.11. The Balaban J connectivity index is 1.71. The summed E-state index contributed by atoms with van der Waals surface area (Å²) in [6.45, 7) is 1.46. The average Bonchev–Trinajstić information content (AvgIpc) is 3.23. The number of nitrogens with zero attached hydrogens (tertiary/aromatic N) is 2. The molecule has 3 aromatic heterocycles. The summed E-state index contributed by atoms with van der Waals surface area (Å²) in [4.78, 5) is 9.36. The number of pyridine rings is 2. The Kier molecular flexibility index (Phi) is 4.91. The molecule has 4 nitrogen and oxygen atoms in total. The summed E-state index contributed by atoms with van der Waals surface area (Å²) in [5.74, 6) is 0.862. The third-order valence-corrected chi connectivity index (χ3v) is 4.99. The van der Waals surface area contributed by atoms with E-state index in [1.54, 1.807) is 11.3 Å². The summed E-state index contributed by atoms with van der Waals surface area (Å²) in [6, 6.07) is 16.7. The first-order valence-corrected chi connectivity index (χ1v) is 9.62. The molecule has 0 fully saturated rings. The van der Waals surface area contributed by atoms with Crippen LogP contribution < -0.4 is 11.1 Å². The standard InChI is InChI=1S/C21H20N4S/c22-9-2-11-24-21-18-3-1-10-23-20(18)13-19(25-21)16-6-4-15(5-7-16)17-8-12-26-14-17/h1,3-8,10,12-14H,2,9,11,22H2,(H,24,25). The molecule has 26 heavy (non-hydrogen) atoms. The van der Waals surface area contributed by atoms with Crippen molar-refractivity contribution in [2.24, 2.45) is 5.73 Å². The molecule has 0 aliphatic carbocycles. The molecule has 3 N–H and O–H groups in total. The first-order valence-electron chi connectivity index (χ1n) is 8.68. The topological polar surface area (TPSA) is 63.8 Å². The van der Waals surface area contributed by atoms with Crippen LogP contribution in [0.4, 0.5) is 5.82 Å². The van der Waals surface area contributed by atoms with Gasteiger partial charge < -0.3 is 11.1 Å². The number of rotatable bonds is 6. The van der Waals surface area contributed by atoms with E-state index in [1.165, 1.54) is 11.1 Å². The van der Waals surface area contributed by atoms with Gasteiger partial charge >= 0.3 is 0 Å². The molecular formula is C21H20N4S. The molecule has 0 aliphatic heterocycles. The van der Waals surface area contributed by atoms with Crippen LogP contribution in [-0.4, -0.2) is 23.1 Å². The second kappa shape index (κ2) is 7.64. The average molecular weight is 360 g/mol. The van der Waals surface area contributed by atoms with Crippen molar-refractivity contribution in [3.05, 3.63) is 65.5 Å². The number of anilines is 1. The lowest BCUT2D eigenvalue weighted by atomic mass is 10.0. The normalized spacial score (nSPS) is 11.0. The van der Waals surface area contributed by atoms with Crippen LogP contribution in [0.15, 0.2) is 65.5 Å². The van der Waals surface area contributed by atoms with Crippen LogP contribution in [-0.2, 0) is 0 Å². The van der Waals surface area contributed by atoms with E-state index in [2.05, 4.69) is 51.4 Å². The van der Waals surface area contributed by atoms with Gasteiger partial charge in [0, 0.05) is 23.7 Å². The third kappa shape index (κ3) is 3.45. The largest absolute Gasteiger partial charge is 0.369 e. The maximum Gasteiger partial charge on any atom is 0.136 e. The number of fused-ring (bicyclic) bond motifs is 1. The van der Waals surface area contributed by atoms with Crippen molar-refractivity contribution in [1.29, 1.82) is 0 Å². The fraction of sp³-hybridized carbons (Fsp3) is 0.143. The Morgan fingerprint density at radius 1 is 1.00 bits per heavy atom. The first-order chi connectivity index (χ1) is 12.8. The minimum Gasteiger partial charge on any atom is -0.369 e. The second-order valence-electron chi connectivity index (χ2n) is 6.08. The van der Waals surface area contributed by atoms with E-state index in [1.807, 2.05) is 24.4 Å². The van der Waals surface area contributed by atoms with Gasteiger partial charge in [-0.2, -0.15) is 11.3 Å². The van der Waals surface area contributed by atoms with Crippen LogP contribution >= 0.6 is 11.3 Å². The number of hydrogen-bond donors (Lipinski definition) is 2. The quantitative estimate of drug-likeness (QED) is 0.485. The zero-order valence-electron chi connectivity index (χ0n) is 14.4. The van der Waals surface area contributed by atoms with Crippen molar-refractivity contribution in [2.45, 2.75) is 6.42 Å². The van der Waals surface area contributed by atoms with Crippen molar-refractivity contribution in [3.63, 3.8) is 0 Å². The second-order valence-corrected chi connectivity index (χ2v) is 6.86. The molecule has 0 saturated heterocycles. The summed E-state index contributed by atoms with van der Waals surface area (Å²) in [5.41, 5.74) is 11.0. The number of thiophene rings is 1. The van der Waals surface area contributed by atoms with Crippen LogP contribution in [0.25, 0.3) is 33.3 Å². The Bertz CT molecular complexity index is 994. The SMILES string of the molecule is NCCCNc1nc(-c2ccc(-c3ccsc3)cc2)cc2ncccc12. The summed E-state index contributed by atoms with van der Waals surface area (Å²) in [6.07, 6.45) is 2.72. The maximum atomic E-state index is 5.61. The Labute approximate surface area is 156 Å². The van der Waals surface area contributed by atoms with Crippen molar-refractivity contribution < 1.29 is 0 Å². The fourth-order valence-corrected chi connectivity index (χ4v) is 3.59. The van der Waals surface area contributed by atoms with Gasteiger partial charge in [-0.05, 0) is 59.1 Å². The van der Waals surface area contributed by atoms with Gasteiger partial charge in [0.2, 0.25) is 0 Å². The van der Waals surface area contributed by atoms with E-state index in [0.717, 1.165) is 40.9 Å². The van der Waals surface area contributed by atoms with Gasteiger partial charge in [-0.3, -0.25) is 4.98 Å². The fourth-order valence-electron chi connectivity index (χ4n) is 2.93. The van der Waals surface area contributed by atoms with Gasteiger partial charge in [-0.25, -0.2) is 4.98 Å². The molecule has 0 aliphatic rings. The van der Waals surface area contributed by atoms with Gasteiger partial charge in [0.15, 0.2) is 0 Å². The number of benzene rings is 1. The maximum absolute atomic E-state index is 5.61. The highest BCUT2D eigenvalue weighted by atomic mass is 32.1. The molecule has 1 aromatic carbocycles. The van der Waals surface area contributed by atoms with Crippen molar-refractivity contribution in [1.82, 2.24) is 9.97 Å². The molecule has 0 bridgehead atoms. The molecule has 4 rings (SSSR count). The van der Waals surface area contributed by atoms with Gasteiger partial charge in [0.25, 0.3) is 0 Å². The van der Waals surface area contributed by atoms with E-state index in [-0.39, 0.29) is 0 Å². The van der Waals surface area contributed by atoms with Crippen molar-refractivity contribution in [3.8, 4) is 22.4 Å². The number of nitrogens with two attached hydrogens (primary N) is 1. The third-order valence-electron chi connectivity index (χ3n) is 4.31. The predicted molar refractivity (Wildman–Crippen MR) is 110 cm³/mol. The first kappa shape index (κ1) is 16.7. The zero-order chi connectivity index (χ0) is 17.8. The Morgan fingerprint density at radius 3 is 2.62 bits per heavy atom.